The van der Waals surface area contributed by atoms with Gasteiger partial charge in [-0.15, -0.1) is 5.10 Å². The van der Waals surface area contributed by atoms with E-state index in [2.05, 4.69) is 25.3 Å². The van der Waals surface area contributed by atoms with Crippen LogP contribution in [0.1, 0.15) is 19.2 Å². The van der Waals surface area contributed by atoms with Gasteiger partial charge in [0.2, 0.25) is 5.91 Å². The number of hydrogen-bond acceptors (Lipinski definition) is 5. The number of rotatable bonds is 1. The van der Waals surface area contributed by atoms with Crippen LogP contribution in [0.15, 0.2) is 12.3 Å². The molecule has 0 radical (unpaired) electrons. The van der Waals surface area contributed by atoms with Crippen LogP contribution in [-0.4, -0.2) is 44.6 Å². The topological polar surface area (TPSA) is 75.4 Å². The second-order valence-corrected chi connectivity index (χ2v) is 4.77. The summed E-state index contributed by atoms with van der Waals surface area (Å²) in [4.78, 5) is 22.2. The maximum absolute atomic E-state index is 11.6. The zero-order valence-electron chi connectivity index (χ0n) is 11.0. The van der Waals surface area contributed by atoms with Crippen LogP contribution in [-0.2, 0) is 4.79 Å². The number of carbonyl (C=O) groups excluding carboxylic acids is 1. The summed E-state index contributed by atoms with van der Waals surface area (Å²) in [7, 11) is 0. The van der Waals surface area contributed by atoms with Crippen LogP contribution in [0.3, 0.4) is 0 Å². The first-order chi connectivity index (χ1) is 9.15. The fourth-order valence-corrected chi connectivity index (χ4v) is 2.43. The normalized spacial score (nSPS) is 20.4. The first-order valence-electron chi connectivity index (χ1n) is 6.37. The number of aryl methyl sites for hydroxylation is 1. The number of hydrogen-bond donors (Lipinski definition) is 1. The van der Waals surface area contributed by atoms with Crippen LogP contribution in [0.5, 0.6) is 0 Å². The molecule has 3 rings (SSSR count). The van der Waals surface area contributed by atoms with E-state index in [0.29, 0.717) is 24.6 Å². The predicted molar refractivity (Wildman–Crippen MR) is 70.0 cm³/mol. The highest BCUT2D eigenvalue weighted by molar-refractivity contribution is 5.77. The molecular formula is C12H16N6O. The highest BCUT2D eigenvalue weighted by Crippen LogP contribution is 2.19. The van der Waals surface area contributed by atoms with Crippen LogP contribution in [0.2, 0.25) is 0 Å². The molecule has 2 aromatic rings. The lowest BCUT2D eigenvalue weighted by Crippen LogP contribution is -2.35. The molecule has 1 aliphatic rings. The molecule has 0 aliphatic carbocycles. The highest BCUT2D eigenvalue weighted by Gasteiger charge is 2.23. The Hall–Kier alpha value is -2.18. The van der Waals surface area contributed by atoms with Crippen molar-refractivity contribution in [2.75, 3.05) is 18.0 Å². The minimum absolute atomic E-state index is 0.0927. The summed E-state index contributed by atoms with van der Waals surface area (Å²) >= 11 is 0. The minimum atomic E-state index is 0.0927. The Bertz CT molecular complexity index is 622. The molecule has 0 bridgehead atoms. The summed E-state index contributed by atoms with van der Waals surface area (Å²) < 4.78 is 1.74. The van der Waals surface area contributed by atoms with Gasteiger partial charge in [-0.2, -0.15) is 9.50 Å². The Kier molecular flexibility index (Phi) is 2.81. The number of fused-ring (bicyclic) bond motifs is 1. The molecular weight excluding hydrogens is 244 g/mol. The van der Waals surface area contributed by atoms with Gasteiger partial charge in [0.05, 0.1) is 0 Å². The molecule has 1 saturated heterocycles. The van der Waals surface area contributed by atoms with Crippen molar-refractivity contribution in [3.8, 4) is 0 Å². The SMILES string of the molecule is Cc1nc2nccc(N3CCNC(=O)CC3C)n2n1. The Morgan fingerprint density at radius 2 is 2.32 bits per heavy atom. The van der Waals surface area contributed by atoms with Crippen molar-refractivity contribution in [3.63, 3.8) is 0 Å². The third kappa shape index (κ3) is 2.11. The average Bonchev–Trinajstić information content (AvgIpc) is 2.66. The molecule has 1 atom stereocenters. The molecule has 0 aromatic carbocycles. The van der Waals surface area contributed by atoms with E-state index in [1.807, 2.05) is 19.9 Å². The van der Waals surface area contributed by atoms with E-state index in [-0.39, 0.29) is 11.9 Å². The molecule has 1 N–H and O–H groups in total. The molecule has 7 heteroatoms. The highest BCUT2D eigenvalue weighted by atomic mass is 16.1. The number of anilines is 1. The van der Waals surface area contributed by atoms with Crippen LogP contribution in [0.25, 0.3) is 5.78 Å². The molecule has 1 fully saturated rings. The molecule has 1 unspecified atom stereocenters. The summed E-state index contributed by atoms with van der Waals surface area (Å²) in [6.07, 6.45) is 2.21. The lowest BCUT2D eigenvalue weighted by atomic mass is 10.2. The van der Waals surface area contributed by atoms with Gasteiger partial charge in [-0.25, -0.2) is 4.98 Å². The van der Waals surface area contributed by atoms with E-state index in [4.69, 9.17) is 0 Å². The van der Waals surface area contributed by atoms with Crippen molar-refractivity contribution in [2.45, 2.75) is 26.3 Å². The zero-order chi connectivity index (χ0) is 13.4. The maximum atomic E-state index is 11.6. The summed E-state index contributed by atoms with van der Waals surface area (Å²) in [6.45, 7) is 5.28. The van der Waals surface area contributed by atoms with Gasteiger partial charge < -0.3 is 10.2 Å². The lowest BCUT2D eigenvalue weighted by molar-refractivity contribution is -0.120. The monoisotopic (exact) mass is 260 g/mol. The quantitative estimate of drug-likeness (QED) is 0.789. The Morgan fingerprint density at radius 3 is 3.16 bits per heavy atom. The van der Waals surface area contributed by atoms with Gasteiger partial charge in [0.15, 0.2) is 0 Å². The summed E-state index contributed by atoms with van der Waals surface area (Å²) in [5.41, 5.74) is 0. The van der Waals surface area contributed by atoms with E-state index in [1.54, 1.807) is 10.7 Å². The smallest absolute Gasteiger partial charge is 0.254 e. The molecule has 19 heavy (non-hydrogen) atoms. The van der Waals surface area contributed by atoms with Crippen LogP contribution < -0.4 is 10.2 Å². The van der Waals surface area contributed by atoms with Crippen molar-refractivity contribution < 1.29 is 4.79 Å². The molecule has 0 spiro atoms. The Balaban J connectivity index is 2.05. The first kappa shape index (κ1) is 11.9. The van der Waals surface area contributed by atoms with E-state index in [0.717, 1.165) is 12.4 Å². The van der Waals surface area contributed by atoms with Gasteiger partial charge in [-0.05, 0) is 19.9 Å². The first-order valence-corrected chi connectivity index (χ1v) is 6.37. The largest absolute Gasteiger partial charge is 0.354 e. The van der Waals surface area contributed by atoms with Crippen LogP contribution in [0, 0.1) is 6.92 Å². The second-order valence-electron chi connectivity index (χ2n) is 4.77. The maximum Gasteiger partial charge on any atom is 0.254 e. The molecule has 1 aliphatic heterocycles. The van der Waals surface area contributed by atoms with Crippen molar-refractivity contribution >= 4 is 17.5 Å². The van der Waals surface area contributed by atoms with Gasteiger partial charge in [0.25, 0.3) is 5.78 Å². The van der Waals surface area contributed by atoms with Crippen molar-refractivity contribution in [2.24, 2.45) is 0 Å². The number of amides is 1. The van der Waals surface area contributed by atoms with Crippen molar-refractivity contribution in [3.05, 3.63) is 18.1 Å². The van der Waals surface area contributed by atoms with Gasteiger partial charge in [-0.3, -0.25) is 4.79 Å². The Labute approximate surface area is 110 Å². The summed E-state index contributed by atoms with van der Waals surface area (Å²) in [6, 6.07) is 2.03. The molecule has 3 heterocycles. The summed E-state index contributed by atoms with van der Waals surface area (Å²) in [5, 5.41) is 7.25. The third-order valence-corrected chi connectivity index (χ3v) is 3.31. The molecule has 100 valence electrons. The fourth-order valence-electron chi connectivity index (χ4n) is 2.43. The Morgan fingerprint density at radius 1 is 1.47 bits per heavy atom. The average molecular weight is 260 g/mol. The lowest BCUT2D eigenvalue weighted by Gasteiger charge is -2.28. The van der Waals surface area contributed by atoms with Gasteiger partial charge in [-0.1, -0.05) is 0 Å². The van der Waals surface area contributed by atoms with Crippen molar-refractivity contribution in [1.29, 1.82) is 0 Å². The van der Waals surface area contributed by atoms with E-state index in [9.17, 15) is 4.79 Å². The number of nitrogens with one attached hydrogen (secondary N) is 1. The standard InChI is InChI=1S/C12H16N6O/c1-8-7-10(19)13-5-6-17(8)11-3-4-14-12-15-9(2)16-18(11)12/h3-4,8H,5-7H2,1-2H3,(H,13,19). The molecule has 1 amide bonds. The molecule has 7 nitrogen and oxygen atoms in total. The fraction of sp³-hybridized carbons (Fsp3) is 0.500. The number of carbonyl (C=O) groups is 1. The predicted octanol–water partition coefficient (Wildman–Crippen LogP) is 0.148. The zero-order valence-corrected chi connectivity index (χ0v) is 11.0. The second kappa shape index (κ2) is 4.49. The minimum Gasteiger partial charge on any atom is -0.354 e. The van der Waals surface area contributed by atoms with Gasteiger partial charge in [0, 0.05) is 31.7 Å². The molecule has 2 aromatic heterocycles. The van der Waals surface area contributed by atoms with Crippen LogP contribution >= 0.6 is 0 Å². The number of nitrogens with zero attached hydrogens (tertiary/aromatic N) is 5. The number of aromatic nitrogens is 4. The summed E-state index contributed by atoms with van der Waals surface area (Å²) in [5.74, 6) is 2.30. The molecule has 0 saturated carbocycles. The van der Waals surface area contributed by atoms with Crippen LogP contribution in [0.4, 0.5) is 5.82 Å². The van der Waals surface area contributed by atoms with Gasteiger partial charge >= 0.3 is 0 Å². The van der Waals surface area contributed by atoms with Gasteiger partial charge in [0.1, 0.15) is 11.6 Å². The third-order valence-electron chi connectivity index (χ3n) is 3.31. The van der Waals surface area contributed by atoms with Crippen molar-refractivity contribution in [1.82, 2.24) is 24.9 Å². The van der Waals surface area contributed by atoms with E-state index >= 15 is 0 Å². The van der Waals surface area contributed by atoms with E-state index in [1.165, 1.54) is 0 Å². The van der Waals surface area contributed by atoms with E-state index < -0.39 is 0 Å².